The van der Waals surface area contributed by atoms with Gasteiger partial charge in [0.25, 0.3) is 0 Å². The fraction of sp³-hybridized carbons (Fsp3) is 0.188. The van der Waals surface area contributed by atoms with E-state index < -0.39 is 0 Å². The Kier molecular flexibility index (Phi) is 4.29. The quantitative estimate of drug-likeness (QED) is 0.693. The Morgan fingerprint density at radius 1 is 0.957 bits per heavy atom. The van der Waals surface area contributed by atoms with Gasteiger partial charge in [-0.25, -0.2) is 4.98 Å². The van der Waals surface area contributed by atoms with Gasteiger partial charge in [0, 0.05) is 28.0 Å². The molecule has 0 aliphatic rings. The Morgan fingerprint density at radius 3 is 2.48 bits per heavy atom. The van der Waals surface area contributed by atoms with Crippen LogP contribution in [-0.2, 0) is 0 Å². The average Bonchev–Trinajstić information content (AvgIpc) is 2.86. The van der Waals surface area contributed by atoms with Crippen LogP contribution in [0.5, 0.6) is 0 Å². The molecule has 0 saturated carbocycles. The first-order chi connectivity index (χ1) is 11.0. The van der Waals surface area contributed by atoms with E-state index in [4.69, 9.17) is 4.52 Å². The maximum Gasteiger partial charge on any atom is 0.229 e. The lowest BCUT2D eigenvalue weighted by Gasteiger charge is -2.10. The minimum Gasteiger partial charge on any atom is -0.360 e. The summed E-state index contributed by atoms with van der Waals surface area (Å²) in [5.74, 6) is 2.54. The van der Waals surface area contributed by atoms with Crippen LogP contribution in [0.4, 0.5) is 23.3 Å². The second-order valence-corrected chi connectivity index (χ2v) is 6.17. The fourth-order valence-corrected chi connectivity index (χ4v) is 2.61. The van der Waals surface area contributed by atoms with Gasteiger partial charge in [-0.1, -0.05) is 21.1 Å². The highest BCUT2D eigenvalue weighted by atomic mass is 79.9. The highest BCUT2D eigenvalue weighted by molar-refractivity contribution is 9.10. The highest BCUT2D eigenvalue weighted by Crippen LogP contribution is 2.23. The standard InChI is InChI=1S/C16H16BrN5O/c1-9-6-12(17)4-5-13(9)19-16-18-10(2)7-14(21-16)20-15-8-11(3)23-22-15/h4-8H,1-3H3,(H2,18,19,20,21,22). The third kappa shape index (κ3) is 3.87. The van der Waals surface area contributed by atoms with E-state index in [1.807, 2.05) is 51.1 Å². The molecule has 118 valence electrons. The summed E-state index contributed by atoms with van der Waals surface area (Å²) in [4.78, 5) is 8.89. The SMILES string of the molecule is Cc1cc(Nc2cc(C)on2)nc(Nc2ccc(Br)cc2C)n1. The molecule has 0 unspecified atom stereocenters. The maximum absolute atomic E-state index is 5.04. The van der Waals surface area contributed by atoms with Crippen LogP contribution in [0.2, 0.25) is 0 Å². The van der Waals surface area contributed by atoms with Crippen molar-refractivity contribution in [1.82, 2.24) is 15.1 Å². The first kappa shape index (κ1) is 15.5. The zero-order chi connectivity index (χ0) is 16.4. The largest absolute Gasteiger partial charge is 0.360 e. The number of hydrogen-bond acceptors (Lipinski definition) is 6. The van der Waals surface area contributed by atoms with E-state index in [-0.39, 0.29) is 0 Å². The molecule has 2 N–H and O–H groups in total. The lowest BCUT2D eigenvalue weighted by Crippen LogP contribution is -2.03. The molecule has 0 atom stereocenters. The van der Waals surface area contributed by atoms with E-state index in [1.54, 1.807) is 0 Å². The van der Waals surface area contributed by atoms with Gasteiger partial charge >= 0.3 is 0 Å². The summed E-state index contributed by atoms with van der Waals surface area (Å²) < 4.78 is 6.08. The van der Waals surface area contributed by atoms with Crippen molar-refractivity contribution >= 4 is 39.2 Å². The Hall–Kier alpha value is -2.41. The van der Waals surface area contributed by atoms with Gasteiger partial charge in [-0.05, 0) is 44.5 Å². The van der Waals surface area contributed by atoms with Crippen LogP contribution in [-0.4, -0.2) is 15.1 Å². The second kappa shape index (κ2) is 6.37. The molecule has 2 aromatic heterocycles. The molecule has 6 nitrogen and oxygen atoms in total. The summed E-state index contributed by atoms with van der Waals surface area (Å²) in [6.45, 7) is 5.79. The number of nitrogens with one attached hydrogen (secondary N) is 2. The third-order valence-electron chi connectivity index (χ3n) is 3.17. The molecule has 0 saturated heterocycles. The van der Waals surface area contributed by atoms with Crippen molar-refractivity contribution in [3.8, 4) is 0 Å². The molecule has 0 bridgehead atoms. The van der Waals surface area contributed by atoms with Crippen molar-refractivity contribution in [2.24, 2.45) is 0 Å². The van der Waals surface area contributed by atoms with Gasteiger partial charge in [-0.2, -0.15) is 4.98 Å². The average molecular weight is 374 g/mol. The van der Waals surface area contributed by atoms with Crippen LogP contribution < -0.4 is 10.6 Å². The van der Waals surface area contributed by atoms with E-state index in [0.717, 1.165) is 27.2 Å². The molecule has 0 spiro atoms. The molecule has 23 heavy (non-hydrogen) atoms. The van der Waals surface area contributed by atoms with Gasteiger partial charge in [-0.15, -0.1) is 0 Å². The first-order valence-corrected chi connectivity index (χ1v) is 7.88. The number of aryl methyl sites for hydroxylation is 3. The van der Waals surface area contributed by atoms with Gasteiger partial charge in [0.15, 0.2) is 5.82 Å². The Balaban J connectivity index is 1.85. The van der Waals surface area contributed by atoms with Crippen LogP contribution in [0.25, 0.3) is 0 Å². The summed E-state index contributed by atoms with van der Waals surface area (Å²) in [7, 11) is 0. The van der Waals surface area contributed by atoms with Gasteiger partial charge in [0.2, 0.25) is 5.95 Å². The molecule has 3 aromatic rings. The number of rotatable bonds is 4. The number of halogens is 1. The topological polar surface area (TPSA) is 75.9 Å². The molecule has 1 aromatic carbocycles. The van der Waals surface area contributed by atoms with Crippen LogP contribution in [0.3, 0.4) is 0 Å². The molecular formula is C16H16BrN5O. The molecule has 3 rings (SSSR count). The van der Waals surface area contributed by atoms with Crippen LogP contribution in [0, 0.1) is 20.8 Å². The summed E-state index contributed by atoms with van der Waals surface area (Å²) >= 11 is 3.46. The number of aromatic nitrogens is 3. The van der Waals surface area contributed by atoms with Crippen molar-refractivity contribution in [3.63, 3.8) is 0 Å². The van der Waals surface area contributed by atoms with E-state index >= 15 is 0 Å². The molecule has 0 amide bonds. The lowest BCUT2D eigenvalue weighted by molar-refractivity contribution is 0.400. The van der Waals surface area contributed by atoms with Gasteiger partial charge in [-0.3, -0.25) is 0 Å². The second-order valence-electron chi connectivity index (χ2n) is 5.25. The van der Waals surface area contributed by atoms with E-state index in [9.17, 15) is 0 Å². The van der Waals surface area contributed by atoms with Crippen LogP contribution >= 0.6 is 15.9 Å². The number of anilines is 4. The normalized spacial score (nSPS) is 10.6. The number of benzene rings is 1. The molecular weight excluding hydrogens is 358 g/mol. The summed E-state index contributed by atoms with van der Waals surface area (Å²) in [6, 6.07) is 9.66. The predicted octanol–water partition coefficient (Wildman–Crippen LogP) is 4.64. The van der Waals surface area contributed by atoms with Gasteiger partial charge in [0.05, 0.1) is 0 Å². The predicted molar refractivity (Wildman–Crippen MR) is 93.5 cm³/mol. The molecule has 0 fully saturated rings. The first-order valence-electron chi connectivity index (χ1n) is 7.09. The Labute approximate surface area is 142 Å². The lowest BCUT2D eigenvalue weighted by atomic mass is 10.2. The van der Waals surface area contributed by atoms with Crippen molar-refractivity contribution in [2.75, 3.05) is 10.6 Å². The molecule has 0 radical (unpaired) electrons. The van der Waals surface area contributed by atoms with E-state index in [2.05, 4.69) is 41.7 Å². The molecule has 2 heterocycles. The van der Waals surface area contributed by atoms with Gasteiger partial charge < -0.3 is 15.2 Å². The number of hydrogen-bond donors (Lipinski definition) is 2. The molecule has 0 aliphatic carbocycles. The highest BCUT2D eigenvalue weighted by Gasteiger charge is 2.07. The Bertz CT molecular complexity index is 846. The van der Waals surface area contributed by atoms with Crippen LogP contribution in [0.15, 0.2) is 39.3 Å². The minimum absolute atomic E-state index is 0.526. The summed E-state index contributed by atoms with van der Waals surface area (Å²) in [5.41, 5.74) is 2.91. The van der Waals surface area contributed by atoms with E-state index in [1.165, 1.54) is 0 Å². The minimum atomic E-state index is 0.526. The van der Waals surface area contributed by atoms with Crippen LogP contribution in [0.1, 0.15) is 17.0 Å². The van der Waals surface area contributed by atoms with E-state index in [0.29, 0.717) is 17.6 Å². The summed E-state index contributed by atoms with van der Waals surface area (Å²) in [6.07, 6.45) is 0. The zero-order valence-electron chi connectivity index (χ0n) is 13.0. The van der Waals surface area contributed by atoms with Crippen molar-refractivity contribution < 1.29 is 4.52 Å². The monoisotopic (exact) mass is 373 g/mol. The molecule has 0 aliphatic heterocycles. The summed E-state index contributed by atoms with van der Waals surface area (Å²) in [5, 5.41) is 10.3. The Morgan fingerprint density at radius 2 is 1.78 bits per heavy atom. The zero-order valence-corrected chi connectivity index (χ0v) is 14.6. The van der Waals surface area contributed by atoms with Crippen molar-refractivity contribution in [3.05, 3.63) is 51.8 Å². The maximum atomic E-state index is 5.04. The molecule has 7 heteroatoms. The number of nitrogens with zero attached hydrogens (tertiary/aromatic N) is 3. The fourth-order valence-electron chi connectivity index (χ4n) is 2.13. The van der Waals surface area contributed by atoms with Crippen molar-refractivity contribution in [2.45, 2.75) is 20.8 Å². The smallest absolute Gasteiger partial charge is 0.229 e. The van der Waals surface area contributed by atoms with Crippen molar-refractivity contribution in [1.29, 1.82) is 0 Å². The third-order valence-corrected chi connectivity index (χ3v) is 3.67. The van der Waals surface area contributed by atoms with Gasteiger partial charge in [0.1, 0.15) is 11.6 Å².